The molecule has 4 rings (SSSR count). The van der Waals surface area contributed by atoms with Crippen LogP contribution >= 0.6 is 0 Å². The fourth-order valence-corrected chi connectivity index (χ4v) is 2.86. The van der Waals surface area contributed by atoms with Crippen molar-refractivity contribution in [3.63, 3.8) is 0 Å². The molecule has 0 aliphatic heterocycles. The summed E-state index contributed by atoms with van der Waals surface area (Å²) in [5.74, 6) is 0. The summed E-state index contributed by atoms with van der Waals surface area (Å²) >= 11 is 0. The summed E-state index contributed by atoms with van der Waals surface area (Å²) in [7, 11) is 0. The number of nitrogen functional groups attached to an aromatic ring is 3. The Hall–Kier alpha value is -4.46. The summed E-state index contributed by atoms with van der Waals surface area (Å²) in [6.07, 6.45) is 4.39. The van der Waals surface area contributed by atoms with Crippen LogP contribution in [0.3, 0.4) is 0 Å². The predicted molar refractivity (Wildman–Crippen MR) is 127 cm³/mol. The highest BCUT2D eigenvalue weighted by Gasteiger charge is 2.05. The van der Waals surface area contributed by atoms with E-state index >= 15 is 0 Å². The van der Waals surface area contributed by atoms with Crippen LogP contribution in [0.15, 0.2) is 85.2 Å². The van der Waals surface area contributed by atoms with E-state index in [9.17, 15) is 10.1 Å². The molecule has 8 heteroatoms. The Kier molecular flexibility index (Phi) is 7.32. The van der Waals surface area contributed by atoms with Crippen LogP contribution in [0.1, 0.15) is 22.5 Å². The molecule has 162 valence electrons. The molecule has 2 heterocycles. The van der Waals surface area contributed by atoms with Gasteiger partial charge in [-0.2, -0.15) is 0 Å². The summed E-state index contributed by atoms with van der Waals surface area (Å²) in [4.78, 5) is 18.3. The zero-order chi connectivity index (χ0) is 22.9. The lowest BCUT2D eigenvalue weighted by Gasteiger charge is -2.02. The van der Waals surface area contributed by atoms with Gasteiger partial charge in [-0.05, 0) is 53.6 Å². The topological polar surface area (TPSA) is 147 Å². The van der Waals surface area contributed by atoms with Gasteiger partial charge in [-0.25, -0.2) is 0 Å². The lowest BCUT2D eigenvalue weighted by atomic mass is 10.1. The first-order valence-electron chi connectivity index (χ1n) is 9.87. The number of benzene rings is 2. The molecule has 0 saturated heterocycles. The second-order valence-corrected chi connectivity index (χ2v) is 7.18. The van der Waals surface area contributed by atoms with Gasteiger partial charge in [0.1, 0.15) is 6.20 Å². The Morgan fingerprint density at radius 2 is 1.06 bits per heavy atom. The fraction of sp³-hybridized carbons (Fsp3) is 0.0833. The number of hydrogen-bond acceptors (Lipinski definition) is 7. The van der Waals surface area contributed by atoms with Crippen molar-refractivity contribution in [2.45, 2.75) is 12.8 Å². The molecule has 0 atom stereocenters. The summed E-state index contributed by atoms with van der Waals surface area (Å²) in [5.41, 5.74) is 23.0. The fourth-order valence-electron chi connectivity index (χ4n) is 2.86. The largest absolute Gasteiger partial charge is 0.399 e. The first-order chi connectivity index (χ1) is 15.4. The molecule has 32 heavy (non-hydrogen) atoms. The van der Waals surface area contributed by atoms with Crippen LogP contribution in [0.5, 0.6) is 0 Å². The van der Waals surface area contributed by atoms with E-state index in [0.29, 0.717) is 17.8 Å². The van der Waals surface area contributed by atoms with Gasteiger partial charge in [-0.3, -0.25) is 20.1 Å². The van der Waals surface area contributed by atoms with Gasteiger partial charge in [0.25, 0.3) is 5.69 Å². The maximum absolute atomic E-state index is 10.5. The first-order valence-corrected chi connectivity index (χ1v) is 9.87. The van der Waals surface area contributed by atoms with E-state index in [0.717, 1.165) is 29.1 Å². The van der Waals surface area contributed by atoms with Gasteiger partial charge < -0.3 is 17.2 Å². The average molecular weight is 428 g/mol. The minimum absolute atomic E-state index is 0.00561. The van der Waals surface area contributed by atoms with Crippen molar-refractivity contribution in [3.05, 3.63) is 118 Å². The van der Waals surface area contributed by atoms with Gasteiger partial charge in [-0.15, -0.1) is 0 Å². The third-order valence-electron chi connectivity index (χ3n) is 4.60. The van der Waals surface area contributed by atoms with Crippen LogP contribution < -0.4 is 17.2 Å². The van der Waals surface area contributed by atoms with Crippen LogP contribution in [0, 0.1) is 10.1 Å². The van der Waals surface area contributed by atoms with Crippen molar-refractivity contribution in [2.24, 2.45) is 0 Å². The monoisotopic (exact) mass is 428 g/mol. The lowest BCUT2D eigenvalue weighted by molar-refractivity contribution is -0.385. The molecule has 4 aromatic rings. The predicted octanol–water partition coefficient (Wildman–Crippen LogP) is 4.00. The Morgan fingerprint density at radius 3 is 1.44 bits per heavy atom. The van der Waals surface area contributed by atoms with Crippen LogP contribution in [0.2, 0.25) is 0 Å². The molecule has 0 amide bonds. The van der Waals surface area contributed by atoms with Gasteiger partial charge in [0.2, 0.25) is 0 Å². The van der Waals surface area contributed by atoms with Crippen molar-refractivity contribution in [1.82, 2.24) is 9.97 Å². The standard InChI is InChI=1S/C12H11N3O2.C12H13N3/c13-10-3-1-9(2-4-10)7-11-5-6-12(8-14-11)15(16)17;13-10-3-1-9(2-4-10)7-12-6-5-11(14)8-15-12/h1-6,8H,7,13H2;1-6,8H,7,13-14H2. The maximum atomic E-state index is 10.5. The van der Waals surface area contributed by atoms with Gasteiger partial charge in [-0.1, -0.05) is 24.3 Å². The molecule has 2 aromatic carbocycles. The third-order valence-corrected chi connectivity index (χ3v) is 4.60. The molecule has 0 saturated carbocycles. The quantitative estimate of drug-likeness (QED) is 0.247. The van der Waals surface area contributed by atoms with Crippen LogP contribution in [0.25, 0.3) is 0 Å². The number of anilines is 3. The summed E-state index contributed by atoms with van der Waals surface area (Å²) < 4.78 is 0. The number of rotatable bonds is 5. The zero-order valence-corrected chi connectivity index (χ0v) is 17.4. The average Bonchev–Trinajstić information content (AvgIpc) is 2.79. The van der Waals surface area contributed by atoms with E-state index in [1.54, 1.807) is 12.3 Å². The Bertz CT molecular complexity index is 1100. The van der Waals surface area contributed by atoms with Crippen molar-refractivity contribution in [2.75, 3.05) is 17.2 Å². The highest BCUT2D eigenvalue weighted by atomic mass is 16.6. The van der Waals surface area contributed by atoms with Crippen molar-refractivity contribution in [3.8, 4) is 0 Å². The first kappa shape index (κ1) is 22.2. The Balaban J connectivity index is 0.000000182. The molecule has 6 N–H and O–H groups in total. The maximum Gasteiger partial charge on any atom is 0.287 e. The number of nitrogens with two attached hydrogens (primary N) is 3. The van der Waals surface area contributed by atoms with Crippen LogP contribution in [-0.2, 0) is 12.8 Å². The van der Waals surface area contributed by atoms with Gasteiger partial charge >= 0.3 is 0 Å². The zero-order valence-electron chi connectivity index (χ0n) is 17.4. The number of nitro groups is 1. The Labute approximate surface area is 185 Å². The molecular weight excluding hydrogens is 404 g/mol. The molecule has 8 nitrogen and oxygen atoms in total. The van der Waals surface area contributed by atoms with Gasteiger partial charge in [0.05, 0.1) is 16.8 Å². The van der Waals surface area contributed by atoms with E-state index in [1.165, 1.54) is 17.8 Å². The molecule has 0 radical (unpaired) electrons. The van der Waals surface area contributed by atoms with E-state index in [2.05, 4.69) is 9.97 Å². The number of aromatic nitrogens is 2. The van der Waals surface area contributed by atoms with Crippen LogP contribution in [0.4, 0.5) is 22.7 Å². The molecule has 0 spiro atoms. The molecular formula is C24H24N6O2. The second kappa shape index (κ2) is 10.5. The smallest absolute Gasteiger partial charge is 0.287 e. The minimum atomic E-state index is -0.458. The third kappa shape index (κ3) is 6.81. The Morgan fingerprint density at radius 1 is 0.625 bits per heavy atom. The van der Waals surface area contributed by atoms with Crippen molar-refractivity contribution < 1.29 is 4.92 Å². The van der Waals surface area contributed by atoms with E-state index in [-0.39, 0.29) is 5.69 Å². The van der Waals surface area contributed by atoms with E-state index < -0.39 is 4.92 Å². The van der Waals surface area contributed by atoms with E-state index in [1.807, 2.05) is 60.7 Å². The highest BCUT2D eigenvalue weighted by molar-refractivity contribution is 5.41. The summed E-state index contributed by atoms with van der Waals surface area (Å²) in [6, 6.07) is 22.2. The van der Waals surface area contributed by atoms with Crippen LogP contribution in [-0.4, -0.2) is 14.9 Å². The minimum Gasteiger partial charge on any atom is -0.399 e. The lowest BCUT2D eigenvalue weighted by Crippen LogP contribution is -1.95. The molecule has 0 aliphatic carbocycles. The number of hydrogen-bond donors (Lipinski definition) is 3. The summed E-state index contributed by atoms with van der Waals surface area (Å²) in [5, 5.41) is 10.5. The molecule has 0 aliphatic rings. The molecule has 0 unspecified atom stereocenters. The summed E-state index contributed by atoms with van der Waals surface area (Å²) in [6.45, 7) is 0. The highest BCUT2D eigenvalue weighted by Crippen LogP contribution is 2.14. The number of nitrogens with zero attached hydrogens (tertiary/aromatic N) is 3. The van der Waals surface area contributed by atoms with Gasteiger partial charge in [0, 0.05) is 41.7 Å². The SMILES string of the molecule is Nc1ccc(Cc2ccc(N)cn2)cc1.Nc1ccc(Cc2ccc([N+](=O)[O-])cn2)cc1. The molecule has 0 fully saturated rings. The van der Waals surface area contributed by atoms with Crippen molar-refractivity contribution >= 4 is 22.7 Å². The molecule has 0 bridgehead atoms. The van der Waals surface area contributed by atoms with E-state index in [4.69, 9.17) is 17.2 Å². The second-order valence-electron chi connectivity index (χ2n) is 7.18. The van der Waals surface area contributed by atoms with Gasteiger partial charge in [0.15, 0.2) is 0 Å². The number of pyridine rings is 2. The van der Waals surface area contributed by atoms with Crippen molar-refractivity contribution in [1.29, 1.82) is 0 Å². The normalized spacial score (nSPS) is 10.1. The molecule has 2 aromatic heterocycles.